The Labute approximate surface area is 192 Å². The lowest BCUT2D eigenvalue weighted by Crippen LogP contribution is -1.99. The maximum atomic E-state index is 12.5. The van der Waals surface area contributed by atoms with Crippen molar-refractivity contribution < 1.29 is 9.90 Å². The lowest BCUT2D eigenvalue weighted by Gasteiger charge is -2.10. The van der Waals surface area contributed by atoms with Crippen molar-refractivity contribution in [3.05, 3.63) is 107 Å². The van der Waals surface area contributed by atoms with Crippen LogP contribution in [0.25, 0.3) is 21.7 Å². The van der Waals surface area contributed by atoms with E-state index in [4.69, 9.17) is 0 Å². The van der Waals surface area contributed by atoms with Crippen molar-refractivity contribution in [3.8, 4) is 5.88 Å². The summed E-state index contributed by atoms with van der Waals surface area (Å²) in [4.78, 5) is 12.5. The van der Waals surface area contributed by atoms with Gasteiger partial charge in [-0.1, -0.05) is 82.7 Å². The van der Waals surface area contributed by atoms with Gasteiger partial charge in [0.15, 0.2) is 5.69 Å². The SMILES string of the molecule is O=C(N=Nc1c(O)n(Cc2cccc3ccccc23)c2ccccc12)c1cccc(Br)c1. The van der Waals surface area contributed by atoms with E-state index in [2.05, 4.69) is 50.4 Å². The number of aromatic hydroxyl groups is 1. The van der Waals surface area contributed by atoms with Crippen molar-refractivity contribution in [1.29, 1.82) is 0 Å². The Balaban J connectivity index is 1.57. The molecule has 5 aromatic rings. The number of para-hydroxylation sites is 1. The normalized spacial score (nSPS) is 11.5. The predicted octanol–water partition coefficient (Wildman–Crippen LogP) is 7.24. The maximum absolute atomic E-state index is 12.5. The minimum atomic E-state index is -0.475. The summed E-state index contributed by atoms with van der Waals surface area (Å²) in [5.74, 6) is -0.499. The molecule has 1 heterocycles. The fraction of sp³-hybridized carbons (Fsp3) is 0.0385. The summed E-state index contributed by atoms with van der Waals surface area (Å²) in [6.45, 7) is 0.461. The molecule has 1 aromatic heterocycles. The van der Waals surface area contributed by atoms with Gasteiger partial charge >= 0.3 is 0 Å². The Morgan fingerprint density at radius 1 is 0.875 bits per heavy atom. The first kappa shape index (κ1) is 20.2. The van der Waals surface area contributed by atoms with E-state index in [9.17, 15) is 9.90 Å². The van der Waals surface area contributed by atoms with Crippen LogP contribution in [0.1, 0.15) is 15.9 Å². The number of aromatic nitrogens is 1. The number of hydrogen-bond donors (Lipinski definition) is 1. The molecule has 6 heteroatoms. The molecule has 1 N–H and O–H groups in total. The summed E-state index contributed by atoms with van der Waals surface area (Å²) in [6, 6.07) is 28.8. The molecule has 5 rings (SSSR count). The van der Waals surface area contributed by atoms with Crippen molar-refractivity contribution in [1.82, 2.24) is 4.57 Å². The van der Waals surface area contributed by atoms with Gasteiger partial charge in [0.2, 0.25) is 5.88 Å². The summed E-state index contributed by atoms with van der Waals surface area (Å²) in [5.41, 5.74) is 2.60. The highest BCUT2D eigenvalue weighted by Gasteiger charge is 2.18. The lowest BCUT2D eigenvalue weighted by atomic mass is 10.0. The first-order valence-electron chi connectivity index (χ1n) is 10.1. The largest absolute Gasteiger partial charge is 0.493 e. The summed E-state index contributed by atoms with van der Waals surface area (Å²) >= 11 is 3.35. The zero-order valence-corrected chi connectivity index (χ0v) is 18.5. The van der Waals surface area contributed by atoms with Gasteiger partial charge in [-0.3, -0.25) is 4.79 Å². The zero-order chi connectivity index (χ0) is 22.1. The fourth-order valence-corrected chi connectivity index (χ4v) is 4.30. The first-order chi connectivity index (χ1) is 15.6. The van der Waals surface area contributed by atoms with E-state index in [0.29, 0.717) is 12.1 Å². The highest BCUT2D eigenvalue weighted by molar-refractivity contribution is 9.10. The second kappa shape index (κ2) is 8.40. The Hall–Kier alpha value is -3.77. The van der Waals surface area contributed by atoms with Crippen LogP contribution >= 0.6 is 15.9 Å². The predicted molar refractivity (Wildman–Crippen MR) is 130 cm³/mol. The van der Waals surface area contributed by atoms with Gasteiger partial charge in [-0.2, -0.15) is 0 Å². The number of halogens is 1. The molecule has 0 unspecified atom stereocenters. The molecule has 0 saturated heterocycles. The number of benzene rings is 4. The van der Waals surface area contributed by atoms with Crippen molar-refractivity contribution >= 4 is 49.2 Å². The molecule has 1 amide bonds. The van der Waals surface area contributed by atoms with Crippen LogP contribution in [-0.2, 0) is 6.54 Å². The average Bonchev–Trinajstić information content (AvgIpc) is 3.08. The number of amides is 1. The number of carbonyl (C=O) groups excluding carboxylic acids is 1. The molecule has 4 aromatic carbocycles. The van der Waals surface area contributed by atoms with Crippen LogP contribution in [0.5, 0.6) is 5.88 Å². The van der Waals surface area contributed by atoms with E-state index in [1.54, 1.807) is 22.8 Å². The molecule has 0 spiro atoms. The van der Waals surface area contributed by atoms with Gasteiger partial charge in [0.25, 0.3) is 5.91 Å². The molecule has 0 fully saturated rings. The van der Waals surface area contributed by atoms with E-state index in [1.165, 1.54) is 0 Å². The van der Waals surface area contributed by atoms with Crippen LogP contribution in [-0.4, -0.2) is 15.6 Å². The van der Waals surface area contributed by atoms with Crippen molar-refractivity contribution in [2.45, 2.75) is 6.54 Å². The van der Waals surface area contributed by atoms with Gasteiger partial charge in [0.1, 0.15) is 0 Å². The van der Waals surface area contributed by atoms with E-state index in [0.717, 1.165) is 31.7 Å². The minimum absolute atomic E-state index is 0.0232. The monoisotopic (exact) mass is 483 g/mol. The van der Waals surface area contributed by atoms with E-state index in [-0.39, 0.29) is 11.6 Å². The second-order valence-electron chi connectivity index (χ2n) is 7.43. The highest BCUT2D eigenvalue weighted by atomic mass is 79.9. The second-order valence-corrected chi connectivity index (χ2v) is 8.34. The first-order valence-corrected chi connectivity index (χ1v) is 10.9. The number of azo groups is 1. The third-order valence-electron chi connectivity index (χ3n) is 5.44. The average molecular weight is 484 g/mol. The molecular weight excluding hydrogens is 466 g/mol. The van der Waals surface area contributed by atoms with Gasteiger partial charge in [0.05, 0.1) is 12.1 Å². The van der Waals surface area contributed by atoms with E-state index >= 15 is 0 Å². The topological polar surface area (TPSA) is 66.9 Å². The Morgan fingerprint density at radius 3 is 2.44 bits per heavy atom. The van der Waals surface area contributed by atoms with Crippen molar-refractivity contribution in [2.24, 2.45) is 10.2 Å². The van der Waals surface area contributed by atoms with Gasteiger partial charge in [-0.15, -0.1) is 10.2 Å². The number of hydrogen-bond acceptors (Lipinski definition) is 3. The van der Waals surface area contributed by atoms with Gasteiger partial charge in [-0.05, 0) is 40.6 Å². The lowest BCUT2D eigenvalue weighted by molar-refractivity contribution is 0.0995. The van der Waals surface area contributed by atoms with E-state index < -0.39 is 5.91 Å². The maximum Gasteiger partial charge on any atom is 0.295 e. The Morgan fingerprint density at radius 2 is 1.59 bits per heavy atom. The summed E-state index contributed by atoms with van der Waals surface area (Å²) in [7, 11) is 0. The third kappa shape index (κ3) is 3.69. The van der Waals surface area contributed by atoms with Crippen LogP contribution in [0.4, 0.5) is 5.69 Å². The fourth-order valence-electron chi connectivity index (χ4n) is 3.91. The summed E-state index contributed by atoms with van der Waals surface area (Å²) < 4.78 is 2.59. The van der Waals surface area contributed by atoms with Crippen molar-refractivity contribution in [2.75, 3.05) is 0 Å². The molecule has 156 valence electrons. The Kier molecular flexibility index (Phi) is 5.29. The zero-order valence-electron chi connectivity index (χ0n) is 16.9. The molecule has 0 saturated carbocycles. The van der Waals surface area contributed by atoms with Crippen LogP contribution < -0.4 is 0 Å². The third-order valence-corrected chi connectivity index (χ3v) is 5.93. The molecule has 0 radical (unpaired) electrons. The minimum Gasteiger partial charge on any atom is -0.493 e. The van der Waals surface area contributed by atoms with Gasteiger partial charge in [0, 0.05) is 15.4 Å². The number of rotatable bonds is 4. The molecule has 0 bridgehead atoms. The molecule has 0 aliphatic rings. The van der Waals surface area contributed by atoms with Crippen LogP contribution in [0.3, 0.4) is 0 Å². The molecule has 0 aliphatic carbocycles. The van der Waals surface area contributed by atoms with Crippen LogP contribution in [0.2, 0.25) is 0 Å². The number of carbonyl (C=O) groups is 1. The van der Waals surface area contributed by atoms with Crippen molar-refractivity contribution in [3.63, 3.8) is 0 Å². The summed E-state index contributed by atoms with van der Waals surface area (Å²) in [6.07, 6.45) is 0. The molecule has 0 atom stereocenters. The molecular formula is C26H18BrN3O2. The van der Waals surface area contributed by atoms with E-state index in [1.807, 2.05) is 48.5 Å². The smallest absolute Gasteiger partial charge is 0.295 e. The molecule has 32 heavy (non-hydrogen) atoms. The quantitative estimate of drug-likeness (QED) is 0.274. The van der Waals surface area contributed by atoms with Gasteiger partial charge in [-0.25, -0.2) is 0 Å². The summed E-state index contributed by atoms with van der Waals surface area (Å²) in [5, 5.41) is 22.1. The number of fused-ring (bicyclic) bond motifs is 2. The van der Waals surface area contributed by atoms with Crippen LogP contribution in [0, 0.1) is 0 Å². The highest BCUT2D eigenvalue weighted by Crippen LogP contribution is 2.39. The molecule has 5 nitrogen and oxygen atoms in total. The number of nitrogens with zero attached hydrogens (tertiary/aromatic N) is 3. The Bertz CT molecular complexity index is 1500. The van der Waals surface area contributed by atoms with Crippen LogP contribution in [0.15, 0.2) is 106 Å². The van der Waals surface area contributed by atoms with Gasteiger partial charge < -0.3 is 9.67 Å². The standard InChI is InChI=1S/C26H18BrN3O2/c27-20-11-6-9-18(15-20)25(31)29-28-24-22-13-3-4-14-23(22)30(26(24)32)16-19-10-5-8-17-7-1-2-12-21(17)19/h1-15,32H,16H2. The molecule has 0 aliphatic heterocycles.